The number of anilines is 1. The van der Waals surface area contributed by atoms with Gasteiger partial charge in [-0.05, 0) is 31.4 Å². The molecule has 1 aliphatic rings. The Morgan fingerprint density at radius 3 is 2.94 bits per heavy atom. The van der Waals surface area contributed by atoms with Crippen LogP contribution in [0, 0.1) is 11.3 Å². The van der Waals surface area contributed by atoms with E-state index in [1.165, 1.54) is 0 Å². The summed E-state index contributed by atoms with van der Waals surface area (Å²) in [6.45, 7) is 0.620. The zero-order valence-electron chi connectivity index (χ0n) is 9.90. The fourth-order valence-electron chi connectivity index (χ4n) is 2.06. The van der Waals surface area contributed by atoms with Crippen LogP contribution in [-0.4, -0.2) is 23.5 Å². The summed E-state index contributed by atoms with van der Waals surface area (Å²) >= 11 is 5.98. The van der Waals surface area contributed by atoms with Crippen molar-refractivity contribution >= 4 is 23.3 Å². The number of carbonyl (C=O) groups excluding carboxylic acids is 1. The van der Waals surface area contributed by atoms with Crippen LogP contribution in [0.5, 0.6) is 0 Å². The number of nitrogens with zero attached hydrogens (tertiary/aromatic N) is 2. The first-order valence-electron chi connectivity index (χ1n) is 5.94. The molecule has 0 radical (unpaired) electrons. The molecule has 94 valence electrons. The number of nitrogens with one attached hydrogen (secondary N) is 1. The lowest BCUT2D eigenvalue weighted by Gasteiger charge is -2.31. The van der Waals surface area contributed by atoms with Crippen molar-refractivity contribution in [3.8, 4) is 6.07 Å². The molecule has 4 nitrogen and oxygen atoms in total. The van der Waals surface area contributed by atoms with Gasteiger partial charge in [-0.1, -0.05) is 23.7 Å². The van der Waals surface area contributed by atoms with Crippen LogP contribution in [0.3, 0.4) is 0 Å². The molecule has 1 aromatic rings. The van der Waals surface area contributed by atoms with Crippen LogP contribution in [0.4, 0.5) is 10.5 Å². The van der Waals surface area contributed by atoms with Crippen molar-refractivity contribution in [2.45, 2.75) is 25.3 Å². The van der Waals surface area contributed by atoms with Crippen molar-refractivity contribution in [2.24, 2.45) is 0 Å². The number of likely N-dealkylation sites (tertiary alicyclic amines) is 1. The van der Waals surface area contributed by atoms with E-state index >= 15 is 0 Å². The Morgan fingerprint density at radius 2 is 2.22 bits per heavy atom. The zero-order chi connectivity index (χ0) is 13.0. The van der Waals surface area contributed by atoms with E-state index in [1.807, 2.05) is 0 Å². The molecule has 1 aromatic carbocycles. The molecule has 1 N–H and O–H groups in total. The van der Waals surface area contributed by atoms with Crippen LogP contribution in [0.25, 0.3) is 0 Å². The maximum Gasteiger partial charge on any atom is 0.322 e. The number of nitriles is 1. The molecule has 18 heavy (non-hydrogen) atoms. The third kappa shape index (κ3) is 2.74. The van der Waals surface area contributed by atoms with Crippen molar-refractivity contribution in [2.75, 3.05) is 11.9 Å². The third-order valence-corrected chi connectivity index (χ3v) is 3.36. The summed E-state index contributed by atoms with van der Waals surface area (Å²) in [6, 6.07) is 8.65. The number of para-hydroxylation sites is 1. The van der Waals surface area contributed by atoms with Crippen LogP contribution in [0.2, 0.25) is 5.02 Å². The first kappa shape index (κ1) is 12.7. The lowest BCUT2D eigenvalue weighted by atomic mass is 10.0. The normalized spacial score (nSPS) is 19.1. The van der Waals surface area contributed by atoms with E-state index in [2.05, 4.69) is 11.4 Å². The number of amides is 2. The van der Waals surface area contributed by atoms with E-state index < -0.39 is 0 Å². The largest absolute Gasteiger partial charge is 0.322 e. The second-order valence-corrected chi connectivity index (χ2v) is 4.65. The highest BCUT2D eigenvalue weighted by Crippen LogP contribution is 2.22. The number of hydrogen-bond acceptors (Lipinski definition) is 2. The number of urea groups is 1. The maximum absolute atomic E-state index is 12.1. The van der Waals surface area contributed by atoms with Gasteiger partial charge in [-0.15, -0.1) is 0 Å². The molecule has 1 aliphatic heterocycles. The lowest BCUT2D eigenvalue weighted by molar-refractivity contribution is 0.182. The summed E-state index contributed by atoms with van der Waals surface area (Å²) in [6.07, 6.45) is 2.68. The molecule has 0 aromatic heterocycles. The Kier molecular flexibility index (Phi) is 4.06. The predicted octanol–water partition coefficient (Wildman–Crippen LogP) is 3.25. The van der Waals surface area contributed by atoms with Crippen molar-refractivity contribution in [1.29, 1.82) is 5.26 Å². The highest BCUT2D eigenvalue weighted by molar-refractivity contribution is 6.33. The predicted molar refractivity (Wildman–Crippen MR) is 70.4 cm³/mol. The second-order valence-electron chi connectivity index (χ2n) is 4.24. The fraction of sp³-hybridized carbons (Fsp3) is 0.385. The van der Waals surface area contributed by atoms with Gasteiger partial charge >= 0.3 is 6.03 Å². The Morgan fingerprint density at radius 1 is 1.44 bits per heavy atom. The Balaban J connectivity index is 2.08. The van der Waals surface area contributed by atoms with Gasteiger partial charge in [0.15, 0.2) is 0 Å². The van der Waals surface area contributed by atoms with Gasteiger partial charge in [0.2, 0.25) is 0 Å². The topological polar surface area (TPSA) is 56.1 Å². The van der Waals surface area contributed by atoms with Gasteiger partial charge in [0.25, 0.3) is 0 Å². The van der Waals surface area contributed by atoms with Crippen LogP contribution >= 0.6 is 11.6 Å². The zero-order valence-corrected chi connectivity index (χ0v) is 10.7. The number of piperidine rings is 1. The van der Waals surface area contributed by atoms with Gasteiger partial charge in [-0.2, -0.15) is 5.26 Å². The van der Waals surface area contributed by atoms with Gasteiger partial charge in [-0.25, -0.2) is 4.79 Å². The first-order chi connectivity index (χ1) is 8.72. The summed E-state index contributed by atoms with van der Waals surface area (Å²) in [7, 11) is 0. The fourth-order valence-corrected chi connectivity index (χ4v) is 2.24. The highest BCUT2D eigenvalue weighted by atomic mass is 35.5. The van der Waals surface area contributed by atoms with E-state index in [0.717, 1.165) is 19.3 Å². The molecular formula is C13H14ClN3O. The van der Waals surface area contributed by atoms with E-state index in [1.54, 1.807) is 29.2 Å². The van der Waals surface area contributed by atoms with Crippen LogP contribution < -0.4 is 5.32 Å². The highest BCUT2D eigenvalue weighted by Gasteiger charge is 2.26. The van der Waals surface area contributed by atoms with E-state index in [-0.39, 0.29) is 12.1 Å². The average Bonchev–Trinajstić information content (AvgIpc) is 2.41. The van der Waals surface area contributed by atoms with Gasteiger partial charge in [0, 0.05) is 6.54 Å². The summed E-state index contributed by atoms with van der Waals surface area (Å²) < 4.78 is 0. The van der Waals surface area contributed by atoms with Crippen molar-refractivity contribution in [1.82, 2.24) is 4.90 Å². The van der Waals surface area contributed by atoms with Crippen molar-refractivity contribution < 1.29 is 4.79 Å². The summed E-state index contributed by atoms with van der Waals surface area (Å²) in [4.78, 5) is 13.7. The molecule has 2 amide bonds. The summed E-state index contributed by atoms with van der Waals surface area (Å²) in [5.41, 5.74) is 0.575. The van der Waals surface area contributed by atoms with Crippen LogP contribution in [0.15, 0.2) is 24.3 Å². The molecule has 1 atom stereocenters. The van der Waals surface area contributed by atoms with Crippen molar-refractivity contribution in [3.63, 3.8) is 0 Å². The maximum atomic E-state index is 12.1. The molecule has 0 saturated carbocycles. The first-order valence-corrected chi connectivity index (χ1v) is 6.32. The molecule has 0 spiro atoms. The van der Waals surface area contributed by atoms with Gasteiger partial charge in [0.1, 0.15) is 6.04 Å². The number of rotatable bonds is 1. The summed E-state index contributed by atoms with van der Waals surface area (Å²) in [5.74, 6) is 0. The van der Waals surface area contributed by atoms with E-state index in [9.17, 15) is 4.79 Å². The smallest absolute Gasteiger partial charge is 0.309 e. The van der Waals surface area contributed by atoms with Crippen molar-refractivity contribution in [3.05, 3.63) is 29.3 Å². The van der Waals surface area contributed by atoms with E-state index in [0.29, 0.717) is 17.3 Å². The van der Waals surface area contributed by atoms with Gasteiger partial charge < -0.3 is 10.2 Å². The Hall–Kier alpha value is -1.73. The molecule has 1 fully saturated rings. The molecule has 1 saturated heterocycles. The number of hydrogen-bond donors (Lipinski definition) is 1. The van der Waals surface area contributed by atoms with Gasteiger partial charge in [0.05, 0.1) is 16.8 Å². The minimum absolute atomic E-state index is 0.255. The molecule has 1 heterocycles. The van der Waals surface area contributed by atoms with E-state index in [4.69, 9.17) is 16.9 Å². The number of carbonyl (C=O) groups is 1. The standard InChI is InChI=1S/C13H14ClN3O/c14-11-6-1-2-7-12(11)16-13(18)17-8-4-3-5-10(17)9-15/h1-2,6-7,10H,3-5,8H2,(H,16,18). The Labute approximate surface area is 111 Å². The Bertz CT molecular complexity index is 483. The summed E-state index contributed by atoms with van der Waals surface area (Å²) in [5, 5.41) is 12.3. The van der Waals surface area contributed by atoms with Crippen LogP contribution in [0.1, 0.15) is 19.3 Å². The quantitative estimate of drug-likeness (QED) is 0.846. The average molecular weight is 264 g/mol. The third-order valence-electron chi connectivity index (χ3n) is 3.03. The SMILES string of the molecule is N#CC1CCCCN1C(=O)Nc1ccccc1Cl. The molecule has 0 aliphatic carbocycles. The molecule has 0 bridgehead atoms. The monoisotopic (exact) mass is 263 g/mol. The molecule has 5 heteroatoms. The molecule has 2 rings (SSSR count). The number of halogens is 1. The van der Waals surface area contributed by atoms with Crippen LogP contribution in [-0.2, 0) is 0 Å². The number of benzene rings is 1. The molecule has 1 unspecified atom stereocenters. The minimum atomic E-state index is -0.332. The van der Waals surface area contributed by atoms with Gasteiger partial charge in [-0.3, -0.25) is 0 Å². The second kappa shape index (κ2) is 5.74. The lowest BCUT2D eigenvalue weighted by Crippen LogP contribution is -2.45. The molecular weight excluding hydrogens is 250 g/mol. The minimum Gasteiger partial charge on any atom is -0.309 e.